The fourth-order valence-corrected chi connectivity index (χ4v) is 2.85. The largest absolute Gasteiger partial charge is 0.489 e. The van der Waals surface area contributed by atoms with E-state index in [1.807, 2.05) is 30.3 Å². The van der Waals surface area contributed by atoms with Crippen molar-refractivity contribution >= 4 is 21.6 Å². The first-order chi connectivity index (χ1) is 10.3. The third-order valence-electron chi connectivity index (χ3n) is 3.67. The highest BCUT2D eigenvalue weighted by Gasteiger charge is 2.10. The number of benzene rings is 2. The zero-order chi connectivity index (χ0) is 14.5. The van der Waals surface area contributed by atoms with E-state index in [0.29, 0.717) is 6.61 Å². The van der Waals surface area contributed by atoms with Crippen molar-refractivity contribution in [2.24, 2.45) is 0 Å². The highest BCUT2D eigenvalue weighted by atomic mass is 79.9. The maximum Gasteiger partial charge on any atom is 0.119 e. The van der Waals surface area contributed by atoms with Crippen LogP contribution in [0.1, 0.15) is 5.56 Å². The summed E-state index contributed by atoms with van der Waals surface area (Å²) in [6, 6.07) is 16.5. The SMILES string of the molecule is Brc1ccccc1COc1ccc(N2CCNCC2)cc1. The molecule has 1 fully saturated rings. The lowest BCUT2D eigenvalue weighted by atomic mass is 10.2. The van der Waals surface area contributed by atoms with Gasteiger partial charge in [-0.15, -0.1) is 0 Å². The smallest absolute Gasteiger partial charge is 0.119 e. The number of piperazine rings is 1. The quantitative estimate of drug-likeness (QED) is 0.917. The molecule has 0 unspecified atom stereocenters. The molecule has 0 aromatic heterocycles. The lowest BCUT2D eigenvalue weighted by Gasteiger charge is -2.29. The Morgan fingerprint density at radius 1 is 1.00 bits per heavy atom. The Bertz CT molecular complexity index is 580. The van der Waals surface area contributed by atoms with Crippen LogP contribution >= 0.6 is 15.9 Å². The van der Waals surface area contributed by atoms with Crippen LogP contribution in [-0.2, 0) is 6.61 Å². The summed E-state index contributed by atoms with van der Waals surface area (Å²) in [7, 11) is 0. The molecule has 4 heteroatoms. The van der Waals surface area contributed by atoms with Crippen LogP contribution in [0.15, 0.2) is 53.0 Å². The van der Waals surface area contributed by atoms with E-state index in [-0.39, 0.29) is 0 Å². The van der Waals surface area contributed by atoms with Crippen LogP contribution in [0.25, 0.3) is 0 Å². The van der Waals surface area contributed by atoms with Crippen LogP contribution in [0.4, 0.5) is 5.69 Å². The van der Waals surface area contributed by atoms with Gasteiger partial charge in [0.1, 0.15) is 12.4 Å². The molecule has 1 heterocycles. The summed E-state index contributed by atoms with van der Waals surface area (Å²) in [5.41, 5.74) is 2.42. The summed E-state index contributed by atoms with van der Waals surface area (Å²) in [5, 5.41) is 3.37. The van der Waals surface area contributed by atoms with Crippen molar-refractivity contribution in [3.05, 3.63) is 58.6 Å². The number of nitrogens with one attached hydrogen (secondary N) is 1. The first-order valence-electron chi connectivity index (χ1n) is 7.25. The summed E-state index contributed by atoms with van der Waals surface area (Å²) >= 11 is 3.54. The predicted octanol–water partition coefficient (Wildman–Crippen LogP) is 3.44. The van der Waals surface area contributed by atoms with Crippen molar-refractivity contribution in [2.45, 2.75) is 6.61 Å². The molecular formula is C17H19BrN2O. The molecule has 0 spiro atoms. The van der Waals surface area contributed by atoms with Crippen LogP contribution in [-0.4, -0.2) is 26.2 Å². The number of hydrogen-bond acceptors (Lipinski definition) is 3. The molecule has 110 valence electrons. The van der Waals surface area contributed by atoms with E-state index >= 15 is 0 Å². The molecule has 3 rings (SSSR count). The van der Waals surface area contributed by atoms with Crippen molar-refractivity contribution < 1.29 is 4.74 Å². The molecule has 1 aliphatic rings. The van der Waals surface area contributed by atoms with E-state index in [9.17, 15) is 0 Å². The second-order valence-corrected chi connectivity index (χ2v) is 5.97. The molecule has 1 saturated heterocycles. The molecule has 1 N–H and O–H groups in total. The average Bonchev–Trinajstić information content (AvgIpc) is 2.55. The molecule has 0 amide bonds. The topological polar surface area (TPSA) is 24.5 Å². The van der Waals surface area contributed by atoms with Gasteiger partial charge in [-0.05, 0) is 30.3 Å². The van der Waals surface area contributed by atoms with E-state index in [0.717, 1.165) is 42.0 Å². The number of rotatable bonds is 4. The van der Waals surface area contributed by atoms with E-state index in [1.165, 1.54) is 5.69 Å². The fraction of sp³-hybridized carbons (Fsp3) is 0.294. The average molecular weight is 347 g/mol. The number of ether oxygens (including phenoxy) is 1. The summed E-state index contributed by atoms with van der Waals surface area (Å²) < 4.78 is 6.94. The molecule has 0 saturated carbocycles. The maximum atomic E-state index is 5.85. The first kappa shape index (κ1) is 14.4. The molecule has 2 aromatic carbocycles. The van der Waals surface area contributed by atoms with Crippen molar-refractivity contribution in [1.82, 2.24) is 5.32 Å². The van der Waals surface area contributed by atoms with Gasteiger partial charge in [0, 0.05) is 41.9 Å². The van der Waals surface area contributed by atoms with E-state index in [4.69, 9.17) is 4.74 Å². The van der Waals surface area contributed by atoms with Crippen LogP contribution in [0, 0.1) is 0 Å². The third-order valence-corrected chi connectivity index (χ3v) is 4.44. The predicted molar refractivity (Wildman–Crippen MR) is 90.0 cm³/mol. The molecule has 3 nitrogen and oxygen atoms in total. The highest BCUT2D eigenvalue weighted by molar-refractivity contribution is 9.10. The third kappa shape index (κ3) is 3.77. The Morgan fingerprint density at radius 3 is 2.43 bits per heavy atom. The van der Waals surface area contributed by atoms with Gasteiger partial charge in [-0.3, -0.25) is 0 Å². The molecular weight excluding hydrogens is 328 g/mol. The number of anilines is 1. The van der Waals surface area contributed by atoms with Crippen molar-refractivity contribution in [3.63, 3.8) is 0 Å². The summed E-state index contributed by atoms with van der Waals surface area (Å²) in [5.74, 6) is 0.907. The van der Waals surface area contributed by atoms with Crippen molar-refractivity contribution in [2.75, 3.05) is 31.1 Å². The van der Waals surface area contributed by atoms with E-state index in [2.05, 4.69) is 44.3 Å². The number of nitrogens with zero attached hydrogens (tertiary/aromatic N) is 1. The summed E-state index contributed by atoms with van der Waals surface area (Å²) in [6.07, 6.45) is 0. The van der Waals surface area contributed by atoms with Gasteiger partial charge in [-0.25, -0.2) is 0 Å². The van der Waals surface area contributed by atoms with Gasteiger partial charge >= 0.3 is 0 Å². The molecule has 0 bridgehead atoms. The highest BCUT2D eigenvalue weighted by Crippen LogP contribution is 2.22. The minimum Gasteiger partial charge on any atom is -0.489 e. The first-order valence-corrected chi connectivity index (χ1v) is 8.04. The minimum atomic E-state index is 0.578. The van der Waals surface area contributed by atoms with E-state index < -0.39 is 0 Å². The number of halogens is 1. The molecule has 1 aliphatic heterocycles. The second-order valence-electron chi connectivity index (χ2n) is 5.11. The standard InChI is InChI=1S/C17H19BrN2O/c18-17-4-2-1-3-14(17)13-21-16-7-5-15(6-8-16)20-11-9-19-10-12-20/h1-8,19H,9-13H2. The zero-order valence-electron chi connectivity index (χ0n) is 11.9. The summed E-state index contributed by atoms with van der Waals surface area (Å²) in [6.45, 7) is 4.82. The molecule has 0 atom stereocenters. The Labute approximate surface area is 134 Å². The van der Waals surface area contributed by atoms with Crippen LogP contribution in [0.2, 0.25) is 0 Å². The molecule has 2 aromatic rings. The fourth-order valence-electron chi connectivity index (χ4n) is 2.45. The van der Waals surface area contributed by atoms with Crippen LogP contribution in [0.5, 0.6) is 5.75 Å². The maximum absolute atomic E-state index is 5.85. The van der Waals surface area contributed by atoms with Crippen LogP contribution < -0.4 is 15.0 Å². The van der Waals surface area contributed by atoms with Gasteiger partial charge in [0.15, 0.2) is 0 Å². The normalized spacial score (nSPS) is 15.0. The molecule has 0 aliphatic carbocycles. The van der Waals surface area contributed by atoms with Gasteiger partial charge in [-0.2, -0.15) is 0 Å². The second kappa shape index (κ2) is 6.96. The van der Waals surface area contributed by atoms with E-state index in [1.54, 1.807) is 0 Å². The van der Waals surface area contributed by atoms with Gasteiger partial charge in [0.05, 0.1) is 0 Å². The van der Waals surface area contributed by atoms with Gasteiger partial charge in [0.25, 0.3) is 0 Å². The Balaban J connectivity index is 1.60. The number of hydrogen-bond donors (Lipinski definition) is 1. The molecule has 21 heavy (non-hydrogen) atoms. The Hall–Kier alpha value is -1.52. The van der Waals surface area contributed by atoms with Crippen molar-refractivity contribution in [3.8, 4) is 5.75 Å². The van der Waals surface area contributed by atoms with Gasteiger partial charge in [-0.1, -0.05) is 34.1 Å². The Morgan fingerprint density at radius 2 is 1.71 bits per heavy atom. The van der Waals surface area contributed by atoms with Crippen LogP contribution in [0.3, 0.4) is 0 Å². The zero-order valence-corrected chi connectivity index (χ0v) is 13.5. The Kier molecular flexibility index (Phi) is 4.78. The monoisotopic (exact) mass is 346 g/mol. The van der Waals surface area contributed by atoms with Gasteiger partial charge in [0.2, 0.25) is 0 Å². The molecule has 0 radical (unpaired) electrons. The minimum absolute atomic E-state index is 0.578. The lowest BCUT2D eigenvalue weighted by Crippen LogP contribution is -2.43. The van der Waals surface area contributed by atoms with Crippen molar-refractivity contribution in [1.29, 1.82) is 0 Å². The van der Waals surface area contributed by atoms with Gasteiger partial charge < -0.3 is 15.0 Å². The lowest BCUT2D eigenvalue weighted by molar-refractivity contribution is 0.305. The summed E-state index contributed by atoms with van der Waals surface area (Å²) in [4.78, 5) is 2.40.